The number of aryl methyl sites for hydroxylation is 2. The maximum atomic E-state index is 11.0. The van der Waals surface area contributed by atoms with Crippen molar-refractivity contribution in [1.82, 2.24) is 19.3 Å². The summed E-state index contributed by atoms with van der Waals surface area (Å²) in [6.45, 7) is 3.64. The number of aromatic nitrogens is 4. The molecular formula is C15H15N7O5S. The van der Waals surface area contributed by atoms with Gasteiger partial charge in [-0.1, -0.05) is 0 Å². The monoisotopic (exact) mass is 405 g/mol. The molecule has 0 unspecified atom stereocenters. The highest BCUT2D eigenvalue weighted by Crippen LogP contribution is 2.20. The summed E-state index contributed by atoms with van der Waals surface area (Å²) in [6, 6.07) is 4.63. The molecule has 3 aromatic rings. The molecule has 0 radical (unpaired) electrons. The summed E-state index contributed by atoms with van der Waals surface area (Å²) >= 11 is 5.13. The zero-order chi connectivity index (χ0) is 20.4. The number of nitrogens with one attached hydrogen (secondary N) is 1. The third-order valence-electron chi connectivity index (χ3n) is 3.81. The molecule has 0 atom stereocenters. The summed E-state index contributed by atoms with van der Waals surface area (Å²) in [7, 11) is 0. The van der Waals surface area contributed by atoms with Gasteiger partial charge in [0.1, 0.15) is 19.4 Å². The fraction of sp³-hybridized carbons (Fsp3) is 0.267. The first-order valence-electron chi connectivity index (χ1n) is 7.98. The van der Waals surface area contributed by atoms with Crippen LogP contribution in [-0.2, 0) is 13.2 Å². The molecule has 0 aliphatic heterocycles. The van der Waals surface area contributed by atoms with Gasteiger partial charge in [0.2, 0.25) is 11.7 Å². The van der Waals surface area contributed by atoms with Crippen molar-refractivity contribution in [2.75, 3.05) is 5.32 Å². The van der Waals surface area contributed by atoms with E-state index in [1.807, 2.05) is 0 Å². The highest BCUT2D eigenvalue weighted by Gasteiger charge is 2.17. The zero-order valence-corrected chi connectivity index (χ0v) is 15.7. The van der Waals surface area contributed by atoms with Crippen LogP contribution in [0, 0.1) is 38.9 Å². The van der Waals surface area contributed by atoms with E-state index < -0.39 is 9.85 Å². The minimum atomic E-state index is -0.581. The van der Waals surface area contributed by atoms with Crippen molar-refractivity contribution in [2.45, 2.75) is 27.1 Å². The summed E-state index contributed by atoms with van der Waals surface area (Å²) in [5.74, 6) is 0.420. The lowest BCUT2D eigenvalue weighted by atomic mass is 10.2. The Kier molecular flexibility index (Phi) is 5.17. The second-order valence-corrected chi connectivity index (χ2v) is 6.29. The predicted octanol–water partition coefficient (Wildman–Crippen LogP) is 2.95. The van der Waals surface area contributed by atoms with E-state index in [4.69, 9.17) is 16.6 Å². The number of non-ortho nitro benzene ring substituents is 1. The average Bonchev–Trinajstić information content (AvgIpc) is 3.15. The Labute approximate surface area is 162 Å². The van der Waals surface area contributed by atoms with E-state index in [0.717, 1.165) is 5.56 Å². The third kappa shape index (κ3) is 4.20. The van der Waals surface area contributed by atoms with Crippen molar-refractivity contribution in [3.05, 3.63) is 66.7 Å². The standard InChI is InChI=1S/C15H15N7O5S/c1-9-3-11(5-12(4-9)21(23)24)16-8-20-15(28)27-14(18-20)7-19-6-13(22(25)26)17-10(19)2/h3-6,16H,7-8H2,1-2H3. The molecule has 0 bridgehead atoms. The van der Waals surface area contributed by atoms with Gasteiger partial charge in [-0.2, -0.15) is 0 Å². The van der Waals surface area contributed by atoms with Gasteiger partial charge in [-0.3, -0.25) is 14.7 Å². The molecule has 1 aromatic carbocycles. The van der Waals surface area contributed by atoms with E-state index in [1.165, 1.54) is 27.6 Å². The van der Waals surface area contributed by atoms with E-state index in [2.05, 4.69) is 15.4 Å². The lowest BCUT2D eigenvalue weighted by Gasteiger charge is -2.06. The van der Waals surface area contributed by atoms with Crippen LogP contribution in [0.5, 0.6) is 0 Å². The second kappa shape index (κ2) is 7.56. The minimum absolute atomic E-state index is 0.0240. The largest absolute Gasteiger partial charge is 0.412 e. The lowest BCUT2D eigenvalue weighted by molar-refractivity contribution is -0.389. The highest BCUT2D eigenvalue weighted by molar-refractivity contribution is 7.71. The fourth-order valence-corrected chi connectivity index (χ4v) is 2.74. The van der Waals surface area contributed by atoms with Gasteiger partial charge < -0.3 is 19.8 Å². The first-order chi connectivity index (χ1) is 13.2. The Morgan fingerprint density at radius 1 is 1.21 bits per heavy atom. The molecule has 12 nitrogen and oxygen atoms in total. The number of hydrogen-bond donors (Lipinski definition) is 1. The Bertz CT molecular complexity index is 1120. The molecule has 146 valence electrons. The Hall–Kier alpha value is -3.61. The highest BCUT2D eigenvalue weighted by atomic mass is 32.1. The maximum Gasteiger partial charge on any atom is 0.381 e. The van der Waals surface area contributed by atoms with Crippen molar-refractivity contribution in [3.63, 3.8) is 0 Å². The van der Waals surface area contributed by atoms with Crippen LogP contribution < -0.4 is 5.32 Å². The van der Waals surface area contributed by atoms with Gasteiger partial charge in [-0.05, 0) is 40.7 Å². The van der Waals surface area contributed by atoms with Crippen molar-refractivity contribution < 1.29 is 14.3 Å². The van der Waals surface area contributed by atoms with Gasteiger partial charge >= 0.3 is 5.82 Å². The van der Waals surface area contributed by atoms with Crippen molar-refractivity contribution in [3.8, 4) is 0 Å². The van der Waals surface area contributed by atoms with Crippen molar-refractivity contribution >= 4 is 29.4 Å². The Morgan fingerprint density at radius 3 is 2.61 bits per heavy atom. The number of nitrogens with zero attached hydrogens (tertiary/aromatic N) is 6. The Balaban J connectivity index is 1.74. The SMILES string of the molecule is Cc1cc(NCn2nc(Cn3cc([N+](=O)[O-])nc3C)oc2=S)cc([N+](=O)[O-])c1. The van der Waals surface area contributed by atoms with Crippen LogP contribution >= 0.6 is 12.2 Å². The van der Waals surface area contributed by atoms with Crippen LogP contribution in [-0.4, -0.2) is 29.2 Å². The van der Waals surface area contributed by atoms with Gasteiger partial charge in [0.15, 0.2) is 0 Å². The van der Waals surface area contributed by atoms with Gasteiger partial charge in [0.05, 0.1) is 4.92 Å². The molecule has 0 saturated carbocycles. The summed E-state index contributed by atoms with van der Waals surface area (Å²) in [4.78, 5) is 24.7. The second-order valence-electron chi connectivity index (χ2n) is 5.94. The smallest absolute Gasteiger partial charge is 0.381 e. The number of nitro benzene ring substituents is 1. The van der Waals surface area contributed by atoms with E-state index >= 15 is 0 Å². The summed E-state index contributed by atoms with van der Waals surface area (Å²) < 4.78 is 8.32. The third-order valence-corrected chi connectivity index (χ3v) is 4.10. The average molecular weight is 405 g/mol. The maximum absolute atomic E-state index is 11.0. The number of imidazole rings is 1. The van der Waals surface area contributed by atoms with E-state index in [-0.39, 0.29) is 35.4 Å². The minimum Gasteiger partial charge on any atom is -0.412 e. The number of nitro groups is 2. The van der Waals surface area contributed by atoms with Gasteiger partial charge in [-0.15, -0.1) is 5.10 Å². The van der Waals surface area contributed by atoms with Crippen LogP contribution in [0.1, 0.15) is 17.3 Å². The number of anilines is 1. The number of rotatable bonds is 7. The molecule has 0 fully saturated rings. The molecule has 3 rings (SSSR count). The van der Waals surface area contributed by atoms with Gasteiger partial charge in [0.25, 0.3) is 10.5 Å². The summed E-state index contributed by atoms with van der Waals surface area (Å²) in [5, 5.41) is 29.0. The van der Waals surface area contributed by atoms with Crippen LogP contribution in [0.4, 0.5) is 17.2 Å². The molecule has 0 aliphatic carbocycles. The number of hydrogen-bond acceptors (Lipinski definition) is 9. The molecule has 1 N–H and O–H groups in total. The first-order valence-corrected chi connectivity index (χ1v) is 8.38. The van der Waals surface area contributed by atoms with Crippen LogP contribution in [0.25, 0.3) is 0 Å². The molecule has 28 heavy (non-hydrogen) atoms. The van der Waals surface area contributed by atoms with Crippen LogP contribution in [0.2, 0.25) is 0 Å². The molecule has 0 aliphatic rings. The van der Waals surface area contributed by atoms with Crippen molar-refractivity contribution in [1.29, 1.82) is 0 Å². The molecule has 2 aromatic heterocycles. The molecule has 2 heterocycles. The fourth-order valence-electron chi connectivity index (χ4n) is 2.54. The van der Waals surface area contributed by atoms with Crippen molar-refractivity contribution in [2.24, 2.45) is 0 Å². The Morgan fingerprint density at radius 2 is 1.96 bits per heavy atom. The molecule has 0 spiro atoms. The quantitative estimate of drug-likeness (QED) is 0.356. The first kappa shape index (κ1) is 19.2. The van der Waals surface area contributed by atoms with Crippen LogP contribution in [0.3, 0.4) is 0 Å². The van der Waals surface area contributed by atoms with Gasteiger partial charge in [0, 0.05) is 24.7 Å². The number of benzene rings is 1. The van der Waals surface area contributed by atoms with E-state index in [1.54, 1.807) is 19.9 Å². The molecular weight excluding hydrogens is 390 g/mol. The normalized spacial score (nSPS) is 10.8. The summed E-state index contributed by atoms with van der Waals surface area (Å²) in [6.07, 6.45) is 1.29. The molecule has 13 heteroatoms. The van der Waals surface area contributed by atoms with E-state index in [0.29, 0.717) is 11.5 Å². The molecule has 0 saturated heterocycles. The van der Waals surface area contributed by atoms with Gasteiger partial charge in [-0.25, -0.2) is 4.68 Å². The predicted molar refractivity (Wildman–Crippen MR) is 99.5 cm³/mol. The topological polar surface area (TPSA) is 147 Å². The van der Waals surface area contributed by atoms with E-state index in [9.17, 15) is 20.2 Å². The van der Waals surface area contributed by atoms with Crippen LogP contribution in [0.15, 0.2) is 28.8 Å². The summed E-state index contributed by atoms with van der Waals surface area (Å²) in [5.41, 5.74) is 1.25. The lowest BCUT2D eigenvalue weighted by Crippen LogP contribution is -2.11. The zero-order valence-electron chi connectivity index (χ0n) is 14.9. The molecule has 0 amide bonds.